The highest BCUT2D eigenvalue weighted by atomic mass is 35.5. The van der Waals surface area contributed by atoms with E-state index in [1.807, 2.05) is 0 Å². The van der Waals surface area contributed by atoms with Gasteiger partial charge in [-0.2, -0.15) is 0 Å². The highest BCUT2D eigenvalue weighted by molar-refractivity contribution is 6.31. The van der Waals surface area contributed by atoms with Crippen LogP contribution in [-0.2, 0) is 0 Å². The second kappa shape index (κ2) is 6.07. The van der Waals surface area contributed by atoms with Gasteiger partial charge in [-0.3, -0.25) is 0 Å². The number of benzene rings is 1. The molecule has 0 aliphatic heterocycles. The van der Waals surface area contributed by atoms with E-state index in [1.54, 1.807) is 7.05 Å². The smallest absolute Gasteiger partial charge is 0.144 e. The summed E-state index contributed by atoms with van der Waals surface area (Å²) in [5.74, 6) is -0.245. The zero-order chi connectivity index (χ0) is 13.0. The van der Waals surface area contributed by atoms with E-state index < -0.39 is 12.2 Å². The van der Waals surface area contributed by atoms with Crippen LogP contribution in [0.3, 0.4) is 0 Å². The van der Waals surface area contributed by atoms with Crippen molar-refractivity contribution in [3.63, 3.8) is 0 Å². The molecule has 0 spiro atoms. The molecule has 1 rings (SSSR count). The summed E-state index contributed by atoms with van der Waals surface area (Å²) in [4.78, 5) is 0. The monoisotopic (exact) mass is 260 g/mol. The second-order valence-corrected chi connectivity index (χ2v) is 4.27. The average Bonchev–Trinajstić information content (AvgIpc) is 2.29. The van der Waals surface area contributed by atoms with Crippen LogP contribution in [0.5, 0.6) is 5.75 Å². The van der Waals surface area contributed by atoms with Crippen molar-refractivity contribution in [1.82, 2.24) is 5.32 Å². The molecular formula is C11H17ClN2O3. The van der Waals surface area contributed by atoms with Crippen LogP contribution in [0.15, 0.2) is 12.1 Å². The first-order valence-corrected chi connectivity index (χ1v) is 5.63. The summed E-state index contributed by atoms with van der Waals surface area (Å²) in [7, 11) is 1.74. The van der Waals surface area contributed by atoms with Crippen molar-refractivity contribution in [2.24, 2.45) is 0 Å². The van der Waals surface area contributed by atoms with Gasteiger partial charge in [-0.15, -0.1) is 0 Å². The highest BCUT2D eigenvalue weighted by Gasteiger charge is 2.22. The topological polar surface area (TPSA) is 98.7 Å². The van der Waals surface area contributed by atoms with Gasteiger partial charge in [-0.05, 0) is 32.1 Å². The molecule has 0 heterocycles. The Labute approximate surface area is 105 Å². The highest BCUT2D eigenvalue weighted by Crippen LogP contribution is 2.35. The van der Waals surface area contributed by atoms with Gasteiger partial charge in [0.25, 0.3) is 0 Å². The Morgan fingerprint density at radius 1 is 1.41 bits per heavy atom. The number of hydrogen-bond acceptors (Lipinski definition) is 5. The molecule has 1 aromatic rings. The van der Waals surface area contributed by atoms with E-state index in [0.717, 1.165) is 0 Å². The number of anilines is 1. The molecule has 6 heteroatoms. The molecule has 0 aromatic heterocycles. The van der Waals surface area contributed by atoms with E-state index in [0.29, 0.717) is 18.0 Å². The Bertz CT molecular complexity index is 387. The number of hydrogen-bond donors (Lipinski definition) is 5. The van der Waals surface area contributed by atoms with Crippen molar-refractivity contribution in [3.8, 4) is 5.75 Å². The number of nitrogen functional groups attached to an aromatic ring is 1. The zero-order valence-electron chi connectivity index (χ0n) is 9.52. The summed E-state index contributed by atoms with van der Waals surface area (Å²) < 4.78 is 0. The first kappa shape index (κ1) is 14.1. The quantitative estimate of drug-likeness (QED) is 0.395. The third-order valence-corrected chi connectivity index (χ3v) is 2.73. The normalized spacial score (nSPS) is 14.6. The predicted octanol–water partition coefficient (Wildman–Crippen LogP) is 0.632. The van der Waals surface area contributed by atoms with Gasteiger partial charge in [-0.1, -0.05) is 11.6 Å². The van der Waals surface area contributed by atoms with Crippen LogP contribution in [0.1, 0.15) is 18.1 Å². The van der Waals surface area contributed by atoms with Gasteiger partial charge >= 0.3 is 0 Å². The summed E-state index contributed by atoms with van der Waals surface area (Å²) in [6, 6.07) is 2.77. The summed E-state index contributed by atoms with van der Waals surface area (Å²) in [5, 5.41) is 32.5. The molecular weight excluding hydrogens is 244 g/mol. The number of nitrogens with one attached hydrogen (secondary N) is 1. The van der Waals surface area contributed by atoms with Crippen LogP contribution >= 0.6 is 11.6 Å². The molecule has 0 saturated carbocycles. The minimum Gasteiger partial charge on any atom is -0.505 e. The van der Waals surface area contributed by atoms with Crippen molar-refractivity contribution in [3.05, 3.63) is 22.7 Å². The van der Waals surface area contributed by atoms with Gasteiger partial charge in [-0.25, -0.2) is 0 Å². The number of phenols is 1. The number of rotatable bonds is 5. The molecule has 0 aliphatic rings. The molecule has 2 atom stereocenters. The fourth-order valence-corrected chi connectivity index (χ4v) is 1.76. The summed E-state index contributed by atoms with van der Waals surface area (Å²) >= 11 is 5.78. The first-order valence-electron chi connectivity index (χ1n) is 5.26. The van der Waals surface area contributed by atoms with E-state index in [2.05, 4.69) is 5.32 Å². The van der Waals surface area contributed by atoms with Crippen LogP contribution in [0.4, 0.5) is 5.69 Å². The minimum absolute atomic E-state index is 0.0763. The number of aliphatic hydroxyl groups is 2. The van der Waals surface area contributed by atoms with E-state index in [1.165, 1.54) is 12.1 Å². The van der Waals surface area contributed by atoms with Crippen molar-refractivity contribution >= 4 is 17.3 Å². The van der Waals surface area contributed by atoms with Gasteiger partial charge in [0.2, 0.25) is 0 Å². The van der Waals surface area contributed by atoms with Gasteiger partial charge in [0, 0.05) is 10.6 Å². The van der Waals surface area contributed by atoms with Crippen molar-refractivity contribution in [2.75, 3.05) is 19.3 Å². The Morgan fingerprint density at radius 2 is 2.06 bits per heavy atom. The number of nitrogens with two attached hydrogens (primary N) is 1. The molecule has 96 valence electrons. The van der Waals surface area contributed by atoms with E-state index in [9.17, 15) is 15.3 Å². The minimum atomic E-state index is -1.22. The third-order valence-electron chi connectivity index (χ3n) is 2.51. The van der Waals surface area contributed by atoms with Crippen LogP contribution < -0.4 is 11.1 Å². The van der Waals surface area contributed by atoms with Gasteiger partial charge in [0.1, 0.15) is 11.9 Å². The maximum absolute atomic E-state index is 9.89. The predicted molar refractivity (Wildman–Crippen MR) is 67.0 cm³/mol. The van der Waals surface area contributed by atoms with Crippen LogP contribution in [0, 0.1) is 0 Å². The molecule has 0 fully saturated rings. The Hall–Kier alpha value is -1.01. The molecule has 0 saturated heterocycles. The van der Waals surface area contributed by atoms with Crippen LogP contribution in [0.25, 0.3) is 0 Å². The fourth-order valence-electron chi connectivity index (χ4n) is 1.52. The van der Waals surface area contributed by atoms with Crippen molar-refractivity contribution in [2.45, 2.75) is 18.6 Å². The lowest BCUT2D eigenvalue weighted by Crippen LogP contribution is -2.23. The third kappa shape index (κ3) is 3.47. The molecule has 6 N–H and O–H groups in total. The lowest BCUT2D eigenvalue weighted by Gasteiger charge is -2.19. The lowest BCUT2D eigenvalue weighted by molar-refractivity contribution is 0.0128. The molecule has 0 radical (unpaired) electrons. The Morgan fingerprint density at radius 3 is 2.65 bits per heavy atom. The summed E-state index contributed by atoms with van der Waals surface area (Å²) in [6.45, 7) is 0.551. The van der Waals surface area contributed by atoms with Crippen LogP contribution in [0.2, 0.25) is 5.02 Å². The van der Waals surface area contributed by atoms with E-state index in [4.69, 9.17) is 17.3 Å². The second-order valence-electron chi connectivity index (χ2n) is 3.84. The van der Waals surface area contributed by atoms with Gasteiger partial charge < -0.3 is 26.4 Å². The average molecular weight is 261 g/mol. The van der Waals surface area contributed by atoms with Crippen LogP contribution in [-0.4, -0.2) is 35.0 Å². The summed E-state index contributed by atoms with van der Waals surface area (Å²) in [6.07, 6.45) is -1.86. The fraction of sp³-hybridized carbons (Fsp3) is 0.455. The van der Waals surface area contributed by atoms with Gasteiger partial charge in [0.05, 0.1) is 11.8 Å². The number of aliphatic hydroxyl groups excluding tert-OH is 2. The van der Waals surface area contributed by atoms with E-state index >= 15 is 0 Å². The standard InChI is InChI=1S/C11H17ClN2O3/c1-14-3-2-9(15)11(17)7-4-6(12)5-8(13)10(7)16/h4-5,9,11,14-17H,2-3,13H2,1H3. The molecule has 0 bridgehead atoms. The number of aromatic hydroxyl groups is 1. The molecule has 5 nitrogen and oxygen atoms in total. The maximum atomic E-state index is 9.89. The Balaban J connectivity index is 2.91. The Kier molecular flexibility index (Phi) is 5.02. The molecule has 2 unspecified atom stereocenters. The number of halogens is 1. The van der Waals surface area contributed by atoms with Crippen molar-refractivity contribution in [1.29, 1.82) is 0 Å². The van der Waals surface area contributed by atoms with Crippen molar-refractivity contribution < 1.29 is 15.3 Å². The SMILES string of the molecule is CNCCC(O)C(O)c1cc(Cl)cc(N)c1O. The number of phenolic OH excluding ortho intramolecular Hbond substituents is 1. The zero-order valence-corrected chi connectivity index (χ0v) is 10.3. The largest absolute Gasteiger partial charge is 0.505 e. The molecule has 1 aromatic carbocycles. The maximum Gasteiger partial charge on any atom is 0.144 e. The first-order chi connectivity index (χ1) is 7.97. The van der Waals surface area contributed by atoms with E-state index in [-0.39, 0.29) is 17.0 Å². The summed E-state index contributed by atoms with van der Waals surface area (Å²) in [5.41, 5.74) is 5.73. The molecule has 0 aliphatic carbocycles. The molecule has 0 amide bonds. The van der Waals surface area contributed by atoms with Gasteiger partial charge in [0.15, 0.2) is 0 Å². The molecule has 17 heavy (non-hydrogen) atoms. The lowest BCUT2D eigenvalue weighted by atomic mass is 10.0.